The summed E-state index contributed by atoms with van der Waals surface area (Å²) in [5, 5.41) is 15.6. The molecule has 0 unspecified atom stereocenters. The third-order valence-corrected chi connectivity index (χ3v) is 2.45. The normalized spacial score (nSPS) is 11.2. The molecule has 0 amide bonds. The van der Waals surface area contributed by atoms with Crippen molar-refractivity contribution >= 4 is 6.21 Å². The molecule has 0 aliphatic rings. The summed E-state index contributed by atoms with van der Waals surface area (Å²) in [5.74, 6) is -1.27. The molecule has 0 saturated carbocycles. The smallest absolute Gasteiger partial charge is 0.226 e. The summed E-state index contributed by atoms with van der Waals surface area (Å²) < 4.78 is 32.9. The molecule has 0 atom stereocenters. The molecule has 0 aliphatic heterocycles. The predicted octanol–water partition coefficient (Wildman–Crippen LogP) is 2.61. The van der Waals surface area contributed by atoms with Crippen molar-refractivity contribution in [3.63, 3.8) is 0 Å². The van der Waals surface area contributed by atoms with Crippen LogP contribution >= 0.6 is 0 Å². The number of oxime groups is 1. The maximum Gasteiger partial charge on any atom is 0.226 e. The van der Waals surface area contributed by atoms with Crippen molar-refractivity contribution in [2.24, 2.45) is 12.2 Å². The standard InChI is InChI=1S/C12H11F2N3O2/c1-7-11(6-15-18)12(17(2)16-7)19-10-4-8(13)3-9(14)5-10/h3-6,18H,1-2H3. The van der Waals surface area contributed by atoms with Crippen LogP contribution in [-0.2, 0) is 7.05 Å². The van der Waals surface area contributed by atoms with Crippen LogP contribution in [-0.4, -0.2) is 21.2 Å². The topological polar surface area (TPSA) is 59.6 Å². The number of nitrogens with zero attached hydrogens (tertiary/aromatic N) is 3. The van der Waals surface area contributed by atoms with Crippen LogP contribution in [0, 0.1) is 18.6 Å². The minimum absolute atomic E-state index is 0.00640. The highest BCUT2D eigenvalue weighted by Crippen LogP contribution is 2.27. The van der Waals surface area contributed by atoms with Crippen LogP contribution in [0.15, 0.2) is 23.4 Å². The molecular formula is C12H11F2N3O2. The van der Waals surface area contributed by atoms with E-state index in [4.69, 9.17) is 9.94 Å². The summed E-state index contributed by atoms with van der Waals surface area (Å²) in [5.41, 5.74) is 0.988. The molecule has 0 radical (unpaired) electrons. The second-order valence-electron chi connectivity index (χ2n) is 3.88. The van der Waals surface area contributed by atoms with Crippen molar-refractivity contribution in [3.05, 3.63) is 41.1 Å². The molecule has 5 nitrogen and oxygen atoms in total. The molecule has 2 aromatic rings. The fourth-order valence-electron chi connectivity index (χ4n) is 1.68. The van der Waals surface area contributed by atoms with Gasteiger partial charge in [-0.2, -0.15) is 5.10 Å². The molecule has 0 bridgehead atoms. The van der Waals surface area contributed by atoms with Crippen molar-refractivity contribution in [1.82, 2.24) is 9.78 Å². The van der Waals surface area contributed by atoms with Gasteiger partial charge < -0.3 is 9.94 Å². The zero-order valence-electron chi connectivity index (χ0n) is 10.3. The number of rotatable bonds is 3. The van der Waals surface area contributed by atoms with E-state index < -0.39 is 11.6 Å². The van der Waals surface area contributed by atoms with Crippen LogP contribution in [0.25, 0.3) is 0 Å². The molecule has 1 aromatic carbocycles. The Bertz CT molecular complexity index is 618. The Balaban J connectivity index is 2.42. The first-order valence-corrected chi connectivity index (χ1v) is 5.36. The Morgan fingerprint density at radius 1 is 1.32 bits per heavy atom. The Labute approximate surface area is 107 Å². The van der Waals surface area contributed by atoms with E-state index in [0.717, 1.165) is 24.4 Å². The highest BCUT2D eigenvalue weighted by atomic mass is 19.1. The minimum atomic E-state index is -0.744. The average Bonchev–Trinajstić information content (AvgIpc) is 2.55. The first-order valence-electron chi connectivity index (χ1n) is 5.36. The minimum Gasteiger partial charge on any atom is -0.438 e. The summed E-state index contributed by atoms with van der Waals surface area (Å²) in [4.78, 5) is 0. The van der Waals surface area contributed by atoms with E-state index in [1.165, 1.54) is 4.68 Å². The van der Waals surface area contributed by atoms with E-state index in [1.807, 2.05) is 0 Å². The second-order valence-corrected chi connectivity index (χ2v) is 3.88. The van der Waals surface area contributed by atoms with E-state index in [2.05, 4.69) is 10.3 Å². The van der Waals surface area contributed by atoms with Crippen LogP contribution < -0.4 is 4.74 Å². The van der Waals surface area contributed by atoms with Crippen LogP contribution in [0.3, 0.4) is 0 Å². The number of ether oxygens (including phenoxy) is 1. The molecule has 0 aliphatic carbocycles. The Morgan fingerprint density at radius 2 is 1.95 bits per heavy atom. The SMILES string of the molecule is Cc1nn(C)c(Oc2cc(F)cc(F)c2)c1C=NO. The molecule has 19 heavy (non-hydrogen) atoms. The zero-order chi connectivity index (χ0) is 14.0. The first-order chi connectivity index (χ1) is 9.01. The third-order valence-electron chi connectivity index (χ3n) is 2.45. The lowest BCUT2D eigenvalue weighted by atomic mass is 10.3. The molecule has 0 spiro atoms. The first kappa shape index (κ1) is 13.0. The molecule has 0 fully saturated rings. The van der Waals surface area contributed by atoms with Crippen LogP contribution in [0.1, 0.15) is 11.3 Å². The van der Waals surface area contributed by atoms with Gasteiger partial charge in [-0.15, -0.1) is 0 Å². The Hall–Kier alpha value is -2.44. The van der Waals surface area contributed by atoms with Gasteiger partial charge in [0.1, 0.15) is 17.4 Å². The summed E-state index contributed by atoms with van der Waals surface area (Å²) in [6.45, 7) is 1.69. The van der Waals surface area contributed by atoms with Gasteiger partial charge in [0, 0.05) is 25.2 Å². The quantitative estimate of drug-likeness (QED) is 0.528. The molecule has 7 heteroatoms. The monoisotopic (exact) mass is 267 g/mol. The van der Waals surface area contributed by atoms with Gasteiger partial charge in [-0.3, -0.25) is 0 Å². The van der Waals surface area contributed by atoms with Crippen LogP contribution in [0.2, 0.25) is 0 Å². The average molecular weight is 267 g/mol. The summed E-state index contributed by atoms with van der Waals surface area (Å²) in [6, 6.07) is 2.84. The van der Waals surface area contributed by atoms with Gasteiger partial charge in [0.2, 0.25) is 5.88 Å². The molecule has 1 N–H and O–H groups in total. The van der Waals surface area contributed by atoms with E-state index in [9.17, 15) is 8.78 Å². The van der Waals surface area contributed by atoms with Gasteiger partial charge in [0.25, 0.3) is 0 Å². The maximum atomic E-state index is 13.1. The highest BCUT2D eigenvalue weighted by molar-refractivity contribution is 5.84. The van der Waals surface area contributed by atoms with Crippen LogP contribution in [0.5, 0.6) is 11.6 Å². The number of hydrogen-bond acceptors (Lipinski definition) is 4. The number of aromatic nitrogens is 2. The second kappa shape index (κ2) is 5.05. The lowest BCUT2D eigenvalue weighted by Gasteiger charge is -2.07. The fourth-order valence-corrected chi connectivity index (χ4v) is 1.68. The van der Waals surface area contributed by atoms with Crippen molar-refractivity contribution < 1.29 is 18.7 Å². The van der Waals surface area contributed by atoms with E-state index in [-0.39, 0.29) is 11.6 Å². The number of aryl methyl sites for hydroxylation is 2. The summed E-state index contributed by atoms with van der Waals surface area (Å²) in [6.07, 6.45) is 1.15. The number of benzene rings is 1. The molecule has 1 aromatic heterocycles. The number of halogens is 2. The van der Waals surface area contributed by atoms with Crippen LogP contribution in [0.4, 0.5) is 8.78 Å². The van der Waals surface area contributed by atoms with Gasteiger partial charge >= 0.3 is 0 Å². The van der Waals surface area contributed by atoms with Crippen molar-refractivity contribution in [1.29, 1.82) is 0 Å². The highest BCUT2D eigenvalue weighted by Gasteiger charge is 2.15. The van der Waals surface area contributed by atoms with E-state index >= 15 is 0 Å². The van der Waals surface area contributed by atoms with E-state index in [1.54, 1.807) is 14.0 Å². The maximum absolute atomic E-state index is 13.1. The van der Waals surface area contributed by atoms with Gasteiger partial charge in [0.15, 0.2) is 0 Å². The fraction of sp³-hybridized carbons (Fsp3) is 0.167. The third kappa shape index (κ3) is 2.70. The predicted molar refractivity (Wildman–Crippen MR) is 63.8 cm³/mol. The Kier molecular flexibility index (Phi) is 3.46. The molecule has 2 rings (SSSR count). The lowest BCUT2D eigenvalue weighted by molar-refractivity contribution is 0.321. The number of hydrogen-bond donors (Lipinski definition) is 1. The summed E-state index contributed by atoms with van der Waals surface area (Å²) >= 11 is 0. The molecule has 0 saturated heterocycles. The van der Waals surface area contributed by atoms with Crippen molar-refractivity contribution in [3.8, 4) is 11.6 Å². The largest absolute Gasteiger partial charge is 0.438 e. The summed E-state index contributed by atoms with van der Waals surface area (Å²) in [7, 11) is 1.60. The zero-order valence-corrected chi connectivity index (χ0v) is 10.3. The lowest BCUT2D eigenvalue weighted by Crippen LogP contribution is -1.97. The Morgan fingerprint density at radius 3 is 2.53 bits per heavy atom. The van der Waals surface area contributed by atoms with Gasteiger partial charge in [-0.05, 0) is 6.92 Å². The van der Waals surface area contributed by atoms with Crippen molar-refractivity contribution in [2.45, 2.75) is 6.92 Å². The van der Waals surface area contributed by atoms with E-state index in [0.29, 0.717) is 11.3 Å². The van der Waals surface area contributed by atoms with Crippen molar-refractivity contribution in [2.75, 3.05) is 0 Å². The molecular weight excluding hydrogens is 256 g/mol. The van der Waals surface area contributed by atoms with Gasteiger partial charge in [-0.25, -0.2) is 13.5 Å². The molecule has 1 heterocycles. The van der Waals surface area contributed by atoms with Gasteiger partial charge in [0.05, 0.1) is 17.5 Å². The van der Waals surface area contributed by atoms with Gasteiger partial charge in [-0.1, -0.05) is 5.16 Å². The molecule has 100 valence electrons.